The summed E-state index contributed by atoms with van der Waals surface area (Å²) in [6.07, 6.45) is 6.39. The molecule has 1 aromatic heterocycles. The van der Waals surface area contributed by atoms with Crippen molar-refractivity contribution in [1.82, 2.24) is 14.8 Å². The molecule has 0 saturated heterocycles. The maximum atomic E-state index is 14.1. The third kappa shape index (κ3) is 4.16. The van der Waals surface area contributed by atoms with Gasteiger partial charge in [0.25, 0.3) is 0 Å². The van der Waals surface area contributed by atoms with Crippen LogP contribution in [0.3, 0.4) is 0 Å². The number of carbonyl (C=O) groups is 1. The molecule has 0 aliphatic heterocycles. The highest BCUT2D eigenvalue weighted by molar-refractivity contribution is 7.99. The molecule has 4 aliphatic rings. The van der Waals surface area contributed by atoms with Crippen LogP contribution in [0, 0.1) is 17.7 Å². The van der Waals surface area contributed by atoms with E-state index in [9.17, 15) is 14.3 Å². The third-order valence-corrected chi connectivity index (χ3v) is 9.11. The summed E-state index contributed by atoms with van der Waals surface area (Å²) in [5.41, 5.74) is 2.02. The molecule has 4 saturated carbocycles. The van der Waals surface area contributed by atoms with Gasteiger partial charge in [-0.3, -0.25) is 4.79 Å². The maximum absolute atomic E-state index is 14.1. The van der Waals surface area contributed by atoms with E-state index in [0.717, 1.165) is 24.9 Å². The number of aliphatic hydroxyl groups is 1. The standard InChI is InChI=1S/C27H29FN4O2S/c1-32-24(21-4-2-3-5-22(21)28)30-31-25(32)35-15-23(33)29-20-8-6-19(7-9-20)26-11-17-10-18(12-26)14-27(34,13-17)16-26/h2-9,17-18,34H,10-16H2,1H3,(H,29,33). The van der Waals surface area contributed by atoms with Crippen molar-refractivity contribution in [3.63, 3.8) is 0 Å². The number of nitrogens with one attached hydrogen (secondary N) is 1. The van der Waals surface area contributed by atoms with Gasteiger partial charge in [-0.15, -0.1) is 10.2 Å². The summed E-state index contributed by atoms with van der Waals surface area (Å²) in [4.78, 5) is 12.6. The predicted octanol–water partition coefficient (Wildman–Crippen LogP) is 4.93. The maximum Gasteiger partial charge on any atom is 0.234 e. The van der Waals surface area contributed by atoms with E-state index in [0.29, 0.717) is 28.4 Å². The smallest absolute Gasteiger partial charge is 0.234 e. The lowest BCUT2D eigenvalue weighted by atomic mass is 9.46. The Bertz CT molecular complexity index is 1260. The number of rotatable bonds is 6. The molecule has 4 fully saturated rings. The SMILES string of the molecule is Cn1c(SCC(=O)Nc2ccc(C34CC5CC(CC(O)(C5)C3)C4)cc2)nnc1-c1ccccc1F. The van der Waals surface area contributed by atoms with Gasteiger partial charge in [-0.25, -0.2) is 4.39 Å². The topological polar surface area (TPSA) is 80.0 Å². The van der Waals surface area contributed by atoms with Gasteiger partial charge >= 0.3 is 0 Å². The van der Waals surface area contributed by atoms with Crippen LogP contribution in [0.5, 0.6) is 0 Å². The van der Waals surface area contributed by atoms with Crippen LogP contribution in [0.1, 0.15) is 44.1 Å². The second-order valence-corrected chi connectivity index (χ2v) is 11.7. The molecule has 1 amide bonds. The van der Waals surface area contributed by atoms with E-state index in [1.165, 1.54) is 42.7 Å². The molecule has 4 aliphatic carbocycles. The second kappa shape index (κ2) is 8.45. The minimum atomic E-state index is -0.486. The van der Waals surface area contributed by atoms with Crippen LogP contribution >= 0.6 is 11.8 Å². The minimum absolute atomic E-state index is 0.0817. The number of carbonyl (C=O) groups excluding carboxylic acids is 1. The van der Waals surface area contributed by atoms with E-state index in [4.69, 9.17) is 0 Å². The van der Waals surface area contributed by atoms with Crippen molar-refractivity contribution in [2.45, 2.75) is 54.7 Å². The highest BCUT2D eigenvalue weighted by atomic mass is 32.2. The molecule has 4 bridgehead atoms. The van der Waals surface area contributed by atoms with Crippen molar-refractivity contribution < 1.29 is 14.3 Å². The molecule has 8 heteroatoms. The fourth-order valence-electron chi connectivity index (χ4n) is 7.10. The van der Waals surface area contributed by atoms with Crippen molar-refractivity contribution in [3.8, 4) is 11.4 Å². The molecular weight excluding hydrogens is 463 g/mol. The van der Waals surface area contributed by atoms with Crippen LogP contribution in [0.25, 0.3) is 11.4 Å². The zero-order valence-corrected chi connectivity index (χ0v) is 20.5. The number of amides is 1. The van der Waals surface area contributed by atoms with Gasteiger partial charge in [0.15, 0.2) is 11.0 Å². The zero-order chi connectivity index (χ0) is 24.2. The van der Waals surface area contributed by atoms with Gasteiger partial charge in [0.05, 0.1) is 16.9 Å². The first-order valence-electron chi connectivity index (χ1n) is 12.2. The fourth-order valence-corrected chi connectivity index (χ4v) is 7.81. The average Bonchev–Trinajstić information content (AvgIpc) is 3.17. The van der Waals surface area contributed by atoms with E-state index in [1.54, 1.807) is 29.8 Å². The van der Waals surface area contributed by atoms with E-state index in [-0.39, 0.29) is 22.9 Å². The van der Waals surface area contributed by atoms with E-state index >= 15 is 0 Å². The Morgan fingerprint density at radius 1 is 1.11 bits per heavy atom. The van der Waals surface area contributed by atoms with Gasteiger partial charge in [0.1, 0.15) is 5.82 Å². The van der Waals surface area contributed by atoms with Gasteiger partial charge in [0, 0.05) is 12.7 Å². The molecule has 182 valence electrons. The molecule has 3 aromatic rings. The van der Waals surface area contributed by atoms with Crippen LogP contribution < -0.4 is 5.32 Å². The largest absolute Gasteiger partial charge is 0.390 e. The van der Waals surface area contributed by atoms with Crippen molar-refractivity contribution in [2.75, 3.05) is 11.1 Å². The molecule has 0 spiro atoms. The molecule has 35 heavy (non-hydrogen) atoms. The van der Waals surface area contributed by atoms with Crippen molar-refractivity contribution in [1.29, 1.82) is 0 Å². The lowest BCUT2D eigenvalue weighted by molar-refractivity contribution is -0.137. The summed E-state index contributed by atoms with van der Waals surface area (Å²) in [5.74, 6) is 1.38. The van der Waals surface area contributed by atoms with Crippen LogP contribution in [0.15, 0.2) is 53.7 Å². The highest BCUT2D eigenvalue weighted by Crippen LogP contribution is 2.62. The lowest BCUT2D eigenvalue weighted by Gasteiger charge is -2.60. The summed E-state index contributed by atoms with van der Waals surface area (Å²) in [5, 5.41) is 22.8. The Morgan fingerprint density at radius 2 is 1.83 bits per heavy atom. The van der Waals surface area contributed by atoms with Crippen LogP contribution in [-0.4, -0.2) is 37.1 Å². The number of halogens is 1. The van der Waals surface area contributed by atoms with E-state index in [2.05, 4.69) is 27.6 Å². The predicted molar refractivity (Wildman–Crippen MR) is 134 cm³/mol. The van der Waals surface area contributed by atoms with Crippen LogP contribution in [-0.2, 0) is 17.3 Å². The Labute approximate surface area is 208 Å². The monoisotopic (exact) mass is 492 g/mol. The molecule has 6 nitrogen and oxygen atoms in total. The molecular formula is C27H29FN4O2S. The van der Waals surface area contributed by atoms with Gasteiger partial charge in [0.2, 0.25) is 5.91 Å². The number of thioether (sulfide) groups is 1. The van der Waals surface area contributed by atoms with Gasteiger partial charge in [-0.2, -0.15) is 0 Å². The summed E-state index contributed by atoms with van der Waals surface area (Å²) < 4.78 is 15.8. The number of hydrogen-bond donors (Lipinski definition) is 2. The first-order chi connectivity index (χ1) is 16.8. The quantitative estimate of drug-likeness (QED) is 0.477. The van der Waals surface area contributed by atoms with Crippen molar-refractivity contribution in [2.24, 2.45) is 18.9 Å². The molecule has 0 radical (unpaired) electrons. The number of nitrogens with zero attached hydrogens (tertiary/aromatic N) is 3. The van der Waals surface area contributed by atoms with Crippen molar-refractivity contribution in [3.05, 3.63) is 59.9 Å². The number of anilines is 1. The number of aromatic nitrogens is 3. The van der Waals surface area contributed by atoms with Crippen LogP contribution in [0.4, 0.5) is 10.1 Å². The molecule has 2 aromatic carbocycles. The first kappa shape index (κ1) is 22.7. The first-order valence-corrected chi connectivity index (χ1v) is 13.2. The van der Waals surface area contributed by atoms with Gasteiger partial charge in [-0.05, 0) is 85.6 Å². The Kier molecular flexibility index (Phi) is 5.49. The normalized spacial score (nSPS) is 28.9. The average molecular weight is 493 g/mol. The molecule has 7 rings (SSSR count). The minimum Gasteiger partial charge on any atom is -0.390 e. The summed E-state index contributed by atoms with van der Waals surface area (Å²) in [7, 11) is 1.77. The Balaban J connectivity index is 1.09. The third-order valence-electron chi connectivity index (χ3n) is 8.09. The van der Waals surface area contributed by atoms with Gasteiger partial charge < -0.3 is 15.0 Å². The molecule has 2 N–H and O–H groups in total. The zero-order valence-electron chi connectivity index (χ0n) is 19.7. The molecule has 2 atom stereocenters. The van der Waals surface area contributed by atoms with E-state index in [1.807, 2.05) is 12.1 Å². The summed E-state index contributed by atoms with van der Waals surface area (Å²) >= 11 is 1.26. The molecule has 1 heterocycles. The van der Waals surface area contributed by atoms with Gasteiger partial charge in [-0.1, -0.05) is 36.0 Å². The Hall–Kier alpha value is -2.71. The second-order valence-electron chi connectivity index (χ2n) is 10.7. The lowest BCUT2D eigenvalue weighted by Crippen LogP contribution is -2.57. The van der Waals surface area contributed by atoms with Crippen molar-refractivity contribution >= 4 is 23.4 Å². The fraction of sp³-hybridized carbons (Fsp3) is 0.444. The Morgan fingerprint density at radius 3 is 2.51 bits per heavy atom. The summed E-state index contributed by atoms with van der Waals surface area (Å²) in [6.45, 7) is 0. The number of hydrogen-bond acceptors (Lipinski definition) is 5. The highest BCUT2D eigenvalue weighted by Gasteiger charge is 2.57. The van der Waals surface area contributed by atoms with E-state index < -0.39 is 5.60 Å². The summed E-state index contributed by atoms with van der Waals surface area (Å²) in [6, 6.07) is 14.6. The number of benzene rings is 2. The van der Waals surface area contributed by atoms with Crippen LogP contribution in [0.2, 0.25) is 0 Å². The molecule has 2 unspecified atom stereocenters.